The normalized spacial score (nSPS) is 21.3. The molecule has 1 aromatic carbocycles. The molecule has 1 saturated carbocycles. The Kier molecular flexibility index (Phi) is 4.17. The fraction of sp³-hybridized carbons (Fsp3) is 0.389. The van der Waals surface area contributed by atoms with Crippen LogP contribution in [-0.4, -0.2) is 19.0 Å². The van der Waals surface area contributed by atoms with Crippen molar-refractivity contribution in [3.8, 4) is 0 Å². The van der Waals surface area contributed by atoms with Crippen molar-refractivity contribution in [1.82, 2.24) is 0 Å². The van der Waals surface area contributed by atoms with Crippen LogP contribution in [0.1, 0.15) is 31.2 Å². The fourth-order valence-corrected chi connectivity index (χ4v) is 2.75. The lowest BCUT2D eigenvalue weighted by molar-refractivity contribution is -0.171. The van der Waals surface area contributed by atoms with Gasteiger partial charge in [-0.1, -0.05) is 42.5 Å². The largest absolute Gasteiger partial charge is 0.348 e. The standard InChI is InChI=1S/C18H20O2/c1-2-6-16(7-3-1)8-4-5-9-17-10-12-18(13-11-17)19-14-15-20-18/h1-8H,10-15H2/b8-4+. The minimum Gasteiger partial charge on any atom is -0.348 e. The van der Waals surface area contributed by atoms with Crippen molar-refractivity contribution in [1.29, 1.82) is 0 Å². The topological polar surface area (TPSA) is 18.5 Å². The first-order chi connectivity index (χ1) is 9.86. The molecule has 0 bridgehead atoms. The average molecular weight is 268 g/mol. The Morgan fingerprint density at radius 2 is 1.70 bits per heavy atom. The molecule has 2 nitrogen and oxygen atoms in total. The molecule has 0 amide bonds. The van der Waals surface area contributed by atoms with Crippen LogP contribution < -0.4 is 0 Å². The van der Waals surface area contributed by atoms with Gasteiger partial charge in [0.15, 0.2) is 5.79 Å². The number of ether oxygens (including phenoxy) is 2. The highest BCUT2D eigenvalue weighted by molar-refractivity contribution is 5.50. The average Bonchev–Trinajstić information content (AvgIpc) is 2.95. The monoisotopic (exact) mass is 268 g/mol. The molecule has 2 heteroatoms. The second-order valence-electron chi connectivity index (χ2n) is 5.29. The maximum atomic E-state index is 5.73. The molecular weight excluding hydrogens is 248 g/mol. The predicted molar refractivity (Wildman–Crippen MR) is 80.2 cm³/mol. The second kappa shape index (κ2) is 6.23. The van der Waals surface area contributed by atoms with Crippen LogP contribution in [0.15, 0.2) is 53.8 Å². The summed E-state index contributed by atoms with van der Waals surface area (Å²) in [5.74, 6) is -0.273. The van der Waals surface area contributed by atoms with Gasteiger partial charge in [-0.2, -0.15) is 0 Å². The van der Waals surface area contributed by atoms with Crippen LogP contribution in [0.2, 0.25) is 0 Å². The highest BCUT2D eigenvalue weighted by Crippen LogP contribution is 2.37. The zero-order chi connectivity index (χ0) is 13.7. The third-order valence-corrected chi connectivity index (χ3v) is 3.90. The molecule has 0 unspecified atom stereocenters. The first kappa shape index (κ1) is 13.4. The van der Waals surface area contributed by atoms with Crippen molar-refractivity contribution in [2.75, 3.05) is 13.2 Å². The quantitative estimate of drug-likeness (QED) is 0.594. The van der Waals surface area contributed by atoms with E-state index in [9.17, 15) is 0 Å². The third-order valence-electron chi connectivity index (χ3n) is 3.90. The molecule has 2 aliphatic rings. The van der Waals surface area contributed by atoms with Gasteiger partial charge in [-0.05, 0) is 30.1 Å². The van der Waals surface area contributed by atoms with Crippen LogP contribution >= 0.6 is 0 Å². The van der Waals surface area contributed by atoms with E-state index in [1.54, 1.807) is 0 Å². The van der Waals surface area contributed by atoms with E-state index in [-0.39, 0.29) is 5.79 Å². The summed E-state index contributed by atoms with van der Waals surface area (Å²) in [7, 11) is 0. The van der Waals surface area contributed by atoms with E-state index in [0.717, 1.165) is 38.9 Å². The van der Waals surface area contributed by atoms with Crippen molar-refractivity contribution in [3.05, 3.63) is 59.4 Å². The Bertz CT molecular complexity index is 518. The van der Waals surface area contributed by atoms with Crippen LogP contribution in [0.3, 0.4) is 0 Å². The molecule has 20 heavy (non-hydrogen) atoms. The van der Waals surface area contributed by atoms with E-state index in [0.29, 0.717) is 0 Å². The molecule has 0 aromatic heterocycles. The predicted octanol–water partition coefficient (Wildman–Crippen LogP) is 4.10. The van der Waals surface area contributed by atoms with Crippen molar-refractivity contribution in [3.63, 3.8) is 0 Å². The Morgan fingerprint density at radius 3 is 2.40 bits per heavy atom. The van der Waals surface area contributed by atoms with Gasteiger partial charge in [0, 0.05) is 12.8 Å². The summed E-state index contributed by atoms with van der Waals surface area (Å²) in [5, 5.41) is 0. The highest BCUT2D eigenvalue weighted by Gasteiger charge is 2.38. The van der Waals surface area contributed by atoms with E-state index in [1.165, 1.54) is 11.1 Å². The number of allylic oxidation sites excluding steroid dienone is 2. The lowest BCUT2D eigenvalue weighted by atomic mass is 9.90. The zero-order valence-corrected chi connectivity index (χ0v) is 11.7. The lowest BCUT2D eigenvalue weighted by Crippen LogP contribution is -2.32. The summed E-state index contributed by atoms with van der Waals surface area (Å²) in [4.78, 5) is 0. The van der Waals surface area contributed by atoms with Gasteiger partial charge in [0.05, 0.1) is 13.2 Å². The Morgan fingerprint density at radius 1 is 1.00 bits per heavy atom. The zero-order valence-electron chi connectivity index (χ0n) is 11.7. The molecular formula is C18H20O2. The summed E-state index contributed by atoms with van der Waals surface area (Å²) < 4.78 is 11.5. The molecule has 3 rings (SSSR count). The van der Waals surface area contributed by atoms with Crippen LogP contribution in [0.5, 0.6) is 0 Å². The van der Waals surface area contributed by atoms with Crippen LogP contribution in [0, 0.1) is 0 Å². The number of hydrogen-bond acceptors (Lipinski definition) is 2. The molecule has 0 N–H and O–H groups in total. The Balaban J connectivity index is 1.57. The molecule has 104 valence electrons. The van der Waals surface area contributed by atoms with E-state index in [4.69, 9.17) is 9.47 Å². The van der Waals surface area contributed by atoms with E-state index in [1.807, 2.05) is 24.3 Å². The van der Waals surface area contributed by atoms with E-state index >= 15 is 0 Å². The molecule has 2 fully saturated rings. The van der Waals surface area contributed by atoms with Gasteiger partial charge in [0.25, 0.3) is 0 Å². The van der Waals surface area contributed by atoms with Gasteiger partial charge in [-0.3, -0.25) is 0 Å². The summed E-state index contributed by atoms with van der Waals surface area (Å²) >= 11 is 0. The van der Waals surface area contributed by atoms with Gasteiger partial charge in [-0.15, -0.1) is 5.73 Å². The van der Waals surface area contributed by atoms with Gasteiger partial charge < -0.3 is 9.47 Å². The SMILES string of the molecule is C(=C/C=C/c1ccccc1)=C1CCC2(CC1)OCCO2. The van der Waals surface area contributed by atoms with Crippen molar-refractivity contribution >= 4 is 6.08 Å². The molecule has 1 heterocycles. The maximum Gasteiger partial charge on any atom is 0.169 e. The Labute approximate surface area is 120 Å². The summed E-state index contributed by atoms with van der Waals surface area (Å²) in [6.07, 6.45) is 10.1. The van der Waals surface area contributed by atoms with E-state index in [2.05, 4.69) is 30.0 Å². The maximum absolute atomic E-state index is 5.73. The van der Waals surface area contributed by atoms with Crippen molar-refractivity contribution in [2.45, 2.75) is 31.5 Å². The van der Waals surface area contributed by atoms with Gasteiger partial charge in [-0.25, -0.2) is 0 Å². The minimum atomic E-state index is -0.273. The molecule has 1 aliphatic carbocycles. The first-order valence-electron chi connectivity index (χ1n) is 7.30. The Hall–Kier alpha value is -1.60. The summed E-state index contributed by atoms with van der Waals surface area (Å²) in [6, 6.07) is 10.3. The molecule has 1 spiro atoms. The van der Waals surface area contributed by atoms with Gasteiger partial charge >= 0.3 is 0 Å². The second-order valence-corrected chi connectivity index (χ2v) is 5.29. The fourth-order valence-electron chi connectivity index (χ4n) is 2.75. The summed E-state index contributed by atoms with van der Waals surface area (Å²) in [5.41, 5.74) is 5.97. The molecule has 0 radical (unpaired) electrons. The van der Waals surface area contributed by atoms with Crippen LogP contribution in [0.4, 0.5) is 0 Å². The van der Waals surface area contributed by atoms with Crippen LogP contribution in [0.25, 0.3) is 6.08 Å². The molecule has 0 atom stereocenters. The first-order valence-corrected chi connectivity index (χ1v) is 7.30. The van der Waals surface area contributed by atoms with E-state index < -0.39 is 0 Å². The molecule has 1 aliphatic heterocycles. The van der Waals surface area contributed by atoms with Crippen molar-refractivity contribution < 1.29 is 9.47 Å². The highest BCUT2D eigenvalue weighted by atomic mass is 16.7. The van der Waals surface area contributed by atoms with Gasteiger partial charge in [0.1, 0.15) is 0 Å². The lowest BCUT2D eigenvalue weighted by Gasteiger charge is -2.31. The van der Waals surface area contributed by atoms with Gasteiger partial charge in [0.2, 0.25) is 0 Å². The summed E-state index contributed by atoms with van der Waals surface area (Å²) in [6.45, 7) is 1.49. The number of benzene rings is 1. The van der Waals surface area contributed by atoms with Crippen LogP contribution in [-0.2, 0) is 9.47 Å². The smallest absolute Gasteiger partial charge is 0.169 e. The molecule has 1 aromatic rings. The number of rotatable bonds is 2. The third kappa shape index (κ3) is 3.29. The molecule has 1 saturated heterocycles. The van der Waals surface area contributed by atoms with Crippen molar-refractivity contribution in [2.24, 2.45) is 0 Å². The minimum absolute atomic E-state index is 0.273. The number of hydrogen-bond donors (Lipinski definition) is 0.